The summed E-state index contributed by atoms with van der Waals surface area (Å²) in [6.07, 6.45) is 2.65. The van der Waals surface area contributed by atoms with Crippen LogP contribution in [0.1, 0.15) is 16.8 Å². The average Bonchev–Trinajstić information content (AvgIpc) is 2.46. The van der Waals surface area contributed by atoms with E-state index in [2.05, 4.69) is 58.4 Å². The molecule has 1 N–H and O–H groups in total. The first kappa shape index (κ1) is 12.1. The second-order valence-electron chi connectivity index (χ2n) is 4.89. The van der Waals surface area contributed by atoms with Gasteiger partial charge in [0.1, 0.15) is 12.1 Å². The Bertz CT molecular complexity index is 594. The maximum absolute atomic E-state index is 4.48. The third-order valence-corrected chi connectivity index (χ3v) is 3.65. The summed E-state index contributed by atoms with van der Waals surface area (Å²) in [4.78, 5) is 11.0. The summed E-state index contributed by atoms with van der Waals surface area (Å²) in [6, 6.07) is 8.37. The van der Waals surface area contributed by atoms with Gasteiger partial charge in [-0.05, 0) is 18.6 Å². The van der Waals surface area contributed by atoms with Gasteiger partial charge in [-0.25, -0.2) is 9.97 Å². The van der Waals surface area contributed by atoms with E-state index < -0.39 is 0 Å². The number of fused-ring (bicyclic) bond motifs is 1. The van der Waals surface area contributed by atoms with Crippen molar-refractivity contribution in [3.8, 4) is 0 Å². The van der Waals surface area contributed by atoms with Gasteiger partial charge in [0, 0.05) is 37.8 Å². The Morgan fingerprint density at radius 2 is 2.05 bits per heavy atom. The van der Waals surface area contributed by atoms with Crippen molar-refractivity contribution in [2.75, 3.05) is 18.5 Å². The number of benzene rings is 1. The van der Waals surface area contributed by atoms with E-state index in [-0.39, 0.29) is 0 Å². The van der Waals surface area contributed by atoms with Crippen LogP contribution in [0, 0.1) is 6.92 Å². The predicted molar refractivity (Wildman–Crippen MR) is 76.7 cm³/mol. The van der Waals surface area contributed by atoms with E-state index in [1.165, 1.54) is 22.5 Å². The zero-order valence-electron chi connectivity index (χ0n) is 11.3. The van der Waals surface area contributed by atoms with Crippen LogP contribution in [0.4, 0.5) is 11.5 Å². The molecule has 4 heteroatoms. The maximum atomic E-state index is 4.48. The van der Waals surface area contributed by atoms with Gasteiger partial charge >= 0.3 is 0 Å². The SMILES string of the molecule is Cc1ccccc1N(C)c1ncnc2c1CNCC2. The number of para-hydroxylation sites is 1. The van der Waals surface area contributed by atoms with E-state index >= 15 is 0 Å². The van der Waals surface area contributed by atoms with Crippen LogP contribution in [0.15, 0.2) is 30.6 Å². The van der Waals surface area contributed by atoms with Crippen LogP contribution in [0.25, 0.3) is 0 Å². The van der Waals surface area contributed by atoms with Crippen molar-refractivity contribution in [3.05, 3.63) is 47.4 Å². The van der Waals surface area contributed by atoms with E-state index in [1.807, 2.05) is 0 Å². The van der Waals surface area contributed by atoms with Crippen LogP contribution in [-0.4, -0.2) is 23.6 Å². The predicted octanol–water partition coefficient (Wildman–Crippen LogP) is 2.20. The van der Waals surface area contributed by atoms with Crippen LogP contribution in [-0.2, 0) is 13.0 Å². The molecule has 1 aliphatic heterocycles. The van der Waals surface area contributed by atoms with Crippen molar-refractivity contribution >= 4 is 11.5 Å². The highest BCUT2D eigenvalue weighted by Crippen LogP contribution is 2.29. The minimum atomic E-state index is 0.849. The molecule has 0 aliphatic carbocycles. The largest absolute Gasteiger partial charge is 0.329 e. The number of aromatic nitrogens is 2. The first-order valence-electron chi connectivity index (χ1n) is 6.60. The third-order valence-electron chi connectivity index (χ3n) is 3.65. The van der Waals surface area contributed by atoms with Gasteiger partial charge in [-0.15, -0.1) is 0 Å². The topological polar surface area (TPSA) is 41.1 Å². The molecular formula is C15H18N4. The third kappa shape index (κ3) is 2.19. The van der Waals surface area contributed by atoms with Crippen molar-refractivity contribution in [3.63, 3.8) is 0 Å². The number of anilines is 2. The summed E-state index contributed by atoms with van der Waals surface area (Å²) in [6.45, 7) is 3.97. The lowest BCUT2D eigenvalue weighted by Crippen LogP contribution is -2.27. The van der Waals surface area contributed by atoms with Crippen LogP contribution >= 0.6 is 0 Å². The summed E-state index contributed by atoms with van der Waals surface area (Å²) < 4.78 is 0. The Kier molecular flexibility index (Phi) is 3.17. The maximum Gasteiger partial charge on any atom is 0.140 e. The van der Waals surface area contributed by atoms with Gasteiger partial charge in [0.2, 0.25) is 0 Å². The first-order chi connectivity index (χ1) is 9.27. The Hall–Kier alpha value is -1.94. The summed E-state index contributed by atoms with van der Waals surface area (Å²) >= 11 is 0. The Labute approximate surface area is 113 Å². The number of nitrogens with one attached hydrogen (secondary N) is 1. The Balaban J connectivity index is 2.05. The number of aryl methyl sites for hydroxylation is 1. The molecular weight excluding hydrogens is 236 g/mol. The zero-order chi connectivity index (χ0) is 13.2. The molecule has 0 saturated carbocycles. The van der Waals surface area contributed by atoms with E-state index in [0.717, 1.165) is 25.3 Å². The molecule has 0 unspecified atom stereocenters. The molecule has 0 amide bonds. The van der Waals surface area contributed by atoms with Gasteiger partial charge in [-0.3, -0.25) is 0 Å². The molecule has 3 rings (SSSR count). The lowest BCUT2D eigenvalue weighted by molar-refractivity contribution is 0.625. The highest BCUT2D eigenvalue weighted by Gasteiger charge is 2.18. The second-order valence-corrected chi connectivity index (χ2v) is 4.89. The molecule has 1 aliphatic rings. The fraction of sp³-hybridized carbons (Fsp3) is 0.333. The highest BCUT2D eigenvalue weighted by atomic mass is 15.2. The molecule has 1 aromatic heterocycles. The molecule has 1 aromatic carbocycles. The molecule has 98 valence electrons. The normalized spacial score (nSPS) is 14.0. The number of hydrogen-bond acceptors (Lipinski definition) is 4. The van der Waals surface area contributed by atoms with Crippen molar-refractivity contribution in [1.82, 2.24) is 15.3 Å². The Morgan fingerprint density at radius 3 is 2.89 bits per heavy atom. The summed E-state index contributed by atoms with van der Waals surface area (Å²) in [5.74, 6) is 1.01. The summed E-state index contributed by atoms with van der Waals surface area (Å²) in [5, 5.41) is 3.40. The second kappa shape index (κ2) is 4.97. The van der Waals surface area contributed by atoms with E-state index in [4.69, 9.17) is 0 Å². The quantitative estimate of drug-likeness (QED) is 0.892. The Morgan fingerprint density at radius 1 is 1.21 bits per heavy atom. The minimum absolute atomic E-state index is 0.849. The first-order valence-corrected chi connectivity index (χ1v) is 6.60. The monoisotopic (exact) mass is 254 g/mol. The number of rotatable bonds is 2. The number of hydrogen-bond donors (Lipinski definition) is 1. The van der Waals surface area contributed by atoms with Crippen LogP contribution < -0.4 is 10.2 Å². The van der Waals surface area contributed by atoms with Gasteiger partial charge in [-0.2, -0.15) is 0 Å². The van der Waals surface area contributed by atoms with E-state index in [9.17, 15) is 0 Å². The summed E-state index contributed by atoms with van der Waals surface area (Å²) in [5.41, 5.74) is 4.83. The van der Waals surface area contributed by atoms with E-state index in [1.54, 1.807) is 6.33 Å². The van der Waals surface area contributed by atoms with Crippen LogP contribution in [0.2, 0.25) is 0 Å². The minimum Gasteiger partial charge on any atom is -0.329 e. The van der Waals surface area contributed by atoms with Gasteiger partial charge in [0.25, 0.3) is 0 Å². The van der Waals surface area contributed by atoms with Gasteiger partial charge in [0.15, 0.2) is 0 Å². The van der Waals surface area contributed by atoms with Crippen molar-refractivity contribution < 1.29 is 0 Å². The molecule has 0 bridgehead atoms. The lowest BCUT2D eigenvalue weighted by atomic mass is 10.1. The highest BCUT2D eigenvalue weighted by molar-refractivity contribution is 5.65. The molecule has 0 radical (unpaired) electrons. The smallest absolute Gasteiger partial charge is 0.140 e. The molecule has 0 saturated heterocycles. The average molecular weight is 254 g/mol. The molecule has 19 heavy (non-hydrogen) atoms. The lowest BCUT2D eigenvalue weighted by Gasteiger charge is -2.26. The fourth-order valence-electron chi connectivity index (χ4n) is 2.60. The van der Waals surface area contributed by atoms with Gasteiger partial charge in [0.05, 0.1) is 5.69 Å². The molecule has 0 spiro atoms. The van der Waals surface area contributed by atoms with Crippen molar-refractivity contribution in [1.29, 1.82) is 0 Å². The fourth-order valence-corrected chi connectivity index (χ4v) is 2.60. The van der Waals surface area contributed by atoms with Crippen molar-refractivity contribution in [2.24, 2.45) is 0 Å². The van der Waals surface area contributed by atoms with Crippen molar-refractivity contribution in [2.45, 2.75) is 19.9 Å². The van der Waals surface area contributed by atoms with E-state index in [0.29, 0.717) is 0 Å². The van der Waals surface area contributed by atoms with Crippen LogP contribution in [0.5, 0.6) is 0 Å². The molecule has 0 fully saturated rings. The zero-order valence-corrected chi connectivity index (χ0v) is 11.3. The van der Waals surface area contributed by atoms with Gasteiger partial charge < -0.3 is 10.2 Å². The van der Waals surface area contributed by atoms with Gasteiger partial charge in [-0.1, -0.05) is 18.2 Å². The van der Waals surface area contributed by atoms with Crippen LogP contribution in [0.3, 0.4) is 0 Å². The number of nitrogens with zero attached hydrogens (tertiary/aromatic N) is 3. The molecule has 0 atom stereocenters. The molecule has 2 aromatic rings. The summed E-state index contributed by atoms with van der Waals surface area (Å²) in [7, 11) is 2.07. The standard InChI is InChI=1S/C15H18N4/c1-11-5-3-4-6-14(11)19(2)15-12-9-16-8-7-13(12)17-10-18-15/h3-6,10,16H,7-9H2,1-2H3. The molecule has 2 heterocycles. The molecule has 4 nitrogen and oxygen atoms in total.